The summed E-state index contributed by atoms with van der Waals surface area (Å²) in [5.41, 5.74) is 1.57. The van der Waals surface area contributed by atoms with Gasteiger partial charge < -0.3 is 20.3 Å². The second kappa shape index (κ2) is 8.96. The Kier molecular flexibility index (Phi) is 6.16. The van der Waals surface area contributed by atoms with Crippen LogP contribution in [0.4, 0.5) is 10.5 Å². The summed E-state index contributed by atoms with van der Waals surface area (Å²) in [6.07, 6.45) is 3.61. The maximum Gasteiger partial charge on any atom is 0.318 e. The van der Waals surface area contributed by atoms with E-state index < -0.39 is 6.04 Å². The summed E-state index contributed by atoms with van der Waals surface area (Å²) in [6.45, 7) is 2.07. The zero-order valence-corrected chi connectivity index (χ0v) is 14.4. The van der Waals surface area contributed by atoms with E-state index in [0.717, 1.165) is 5.56 Å². The minimum atomic E-state index is -0.687. The van der Waals surface area contributed by atoms with E-state index in [2.05, 4.69) is 15.6 Å². The third-order valence-corrected chi connectivity index (χ3v) is 4.12. The quantitative estimate of drug-likeness (QED) is 0.856. The molecule has 0 unspecified atom stereocenters. The van der Waals surface area contributed by atoms with Crippen LogP contribution in [0.2, 0.25) is 0 Å². The van der Waals surface area contributed by atoms with Crippen molar-refractivity contribution in [3.05, 3.63) is 60.4 Å². The second-order valence-electron chi connectivity index (χ2n) is 6.02. The number of nitrogens with one attached hydrogen (secondary N) is 2. The van der Waals surface area contributed by atoms with Gasteiger partial charge in [0.25, 0.3) is 0 Å². The fourth-order valence-corrected chi connectivity index (χ4v) is 2.73. The Bertz CT molecular complexity index is 718. The molecule has 2 N–H and O–H groups in total. The van der Waals surface area contributed by atoms with Gasteiger partial charge in [-0.2, -0.15) is 0 Å². The van der Waals surface area contributed by atoms with Crippen LogP contribution < -0.4 is 10.6 Å². The van der Waals surface area contributed by atoms with Crippen LogP contribution in [0.1, 0.15) is 5.56 Å². The Hall–Kier alpha value is -2.93. The number of hydrogen-bond donors (Lipinski definition) is 2. The highest BCUT2D eigenvalue weighted by Gasteiger charge is 2.25. The Morgan fingerprint density at radius 3 is 2.58 bits per heavy atom. The molecule has 1 saturated heterocycles. The highest BCUT2D eigenvalue weighted by Crippen LogP contribution is 2.09. The number of carbonyl (C=O) groups excluding carboxylic acids is 2. The summed E-state index contributed by atoms with van der Waals surface area (Å²) in [4.78, 5) is 30.9. The van der Waals surface area contributed by atoms with Gasteiger partial charge in [0.05, 0.1) is 25.1 Å². The lowest BCUT2D eigenvalue weighted by Crippen LogP contribution is -2.53. The van der Waals surface area contributed by atoms with Crippen molar-refractivity contribution in [1.82, 2.24) is 15.2 Å². The van der Waals surface area contributed by atoms with E-state index in [0.29, 0.717) is 38.4 Å². The van der Waals surface area contributed by atoms with Gasteiger partial charge in [0.2, 0.25) is 5.91 Å². The van der Waals surface area contributed by atoms with Gasteiger partial charge in [0, 0.05) is 25.7 Å². The van der Waals surface area contributed by atoms with Gasteiger partial charge in [-0.3, -0.25) is 9.78 Å². The number of pyridine rings is 1. The molecule has 26 heavy (non-hydrogen) atoms. The number of amides is 3. The molecule has 0 radical (unpaired) electrons. The first-order valence-corrected chi connectivity index (χ1v) is 8.60. The predicted octanol–water partition coefficient (Wildman–Crippen LogP) is 1.67. The molecule has 2 aromatic rings. The molecule has 0 saturated carbocycles. The van der Waals surface area contributed by atoms with Crippen LogP contribution in [-0.2, 0) is 16.0 Å². The fourth-order valence-electron chi connectivity index (χ4n) is 2.73. The molecule has 3 amide bonds. The number of nitrogens with zero attached hydrogens (tertiary/aromatic N) is 2. The van der Waals surface area contributed by atoms with Crippen molar-refractivity contribution in [3.8, 4) is 0 Å². The van der Waals surface area contributed by atoms with E-state index in [9.17, 15) is 9.59 Å². The molecule has 136 valence electrons. The van der Waals surface area contributed by atoms with Crippen LogP contribution in [-0.4, -0.2) is 54.2 Å². The lowest BCUT2D eigenvalue weighted by atomic mass is 10.1. The molecular formula is C19H22N4O3. The summed E-state index contributed by atoms with van der Waals surface area (Å²) < 4.78 is 5.27. The smallest absolute Gasteiger partial charge is 0.318 e. The molecule has 1 aliphatic rings. The standard InChI is InChI=1S/C19H22N4O3/c24-18(21-16-7-4-8-20-14-16)17(13-15-5-2-1-3-6-15)22-19(25)23-9-11-26-12-10-23/h1-8,14,17H,9-13H2,(H,21,24)(H,22,25)/t17-/m0/s1. The van der Waals surface area contributed by atoms with Crippen molar-refractivity contribution in [2.75, 3.05) is 31.6 Å². The fraction of sp³-hybridized carbons (Fsp3) is 0.316. The SMILES string of the molecule is O=C(Nc1cccnc1)[C@H](Cc1ccccc1)NC(=O)N1CCOCC1. The molecule has 3 rings (SSSR count). The van der Waals surface area contributed by atoms with Crippen molar-refractivity contribution in [2.24, 2.45) is 0 Å². The lowest BCUT2D eigenvalue weighted by Gasteiger charge is -2.29. The van der Waals surface area contributed by atoms with E-state index in [1.54, 1.807) is 29.4 Å². The number of ether oxygens (including phenoxy) is 1. The average molecular weight is 354 g/mol. The van der Waals surface area contributed by atoms with Crippen LogP contribution in [0.5, 0.6) is 0 Å². The van der Waals surface area contributed by atoms with E-state index >= 15 is 0 Å². The Morgan fingerprint density at radius 2 is 1.88 bits per heavy atom. The number of morpholine rings is 1. The van der Waals surface area contributed by atoms with Crippen LogP contribution in [0.3, 0.4) is 0 Å². The molecule has 7 nitrogen and oxygen atoms in total. The monoisotopic (exact) mass is 354 g/mol. The zero-order chi connectivity index (χ0) is 18.2. The van der Waals surface area contributed by atoms with Crippen molar-refractivity contribution >= 4 is 17.6 Å². The Labute approximate surface area is 152 Å². The minimum absolute atomic E-state index is 0.254. The Morgan fingerprint density at radius 1 is 1.12 bits per heavy atom. The van der Waals surface area contributed by atoms with Gasteiger partial charge in [-0.15, -0.1) is 0 Å². The molecule has 1 aliphatic heterocycles. The normalized spacial score (nSPS) is 15.2. The zero-order valence-electron chi connectivity index (χ0n) is 14.4. The minimum Gasteiger partial charge on any atom is -0.378 e. The topological polar surface area (TPSA) is 83.6 Å². The molecule has 0 spiro atoms. The van der Waals surface area contributed by atoms with Gasteiger partial charge in [-0.25, -0.2) is 4.79 Å². The summed E-state index contributed by atoms with van der Waals surface area (Å²) in [7, 11) is 0. The first-order chi connectivity index (χ1) is 12.7. The molecule has 0 bridgehead atoms. The second-order valence-corrected chi connectivity index (χ2v) is 6.02. The number of aromatic nitrogens is 1. The first kappa shape index (κ1) is 17.9. The summed E-state index contributed by atoms with van der Waals surface area (Å²) in [5, 5.41) is 5.67. The molecule has 7 heteroatoms. The lowest BCUT2D eigenvalue weighted by molar-refractivity contribution is -0.118. The van der Waals surface area contributed by atoms with E-state index in [1.165, 1.54) is 0 Å². The number of urea groups is 1. The summed E-state index contributed by atoms with van der Waals surface area (Å²) in [6, 6.07) is 12.2. The number of anilines is 1. The highest BCUT2D eigenvalue weighted by molar-refractivity contribution is 5.97. The third kappa shape index (κ3) is 5.03. The van der Waals surface area contributed by atoms with Crippen molar-refractivity contribution in [2.45, 2.75) is 12.5 Å². The van der Waals surface area contributed by atoms with Crippen LogP contribution in [0, 0.1) is 0 Å². The van der Waals surface area contributed by atoms with Gasteiger partial charge in [0.15, 0.2) is 0 Å². The van der Waals surface area contributed by atoms with E-state index in [1.807, 2.05) is 30.3 Å². The molecule has 1 atom stereocenters. The van der Waals surface area contributed by atoms with Crippen LogP contribution >= 0.6 is 0 Å². The van der Waals surface area contributed by atoms with E-state index in [4.69, 9.17) is 4.74 Å². The van der Waals surface area contributed by atoms with Crippen molar-refractivity contribution in [3.63, 3.8) is 0 Å². The maximum atomic E-state index is 12.7. The van der Waals surface area contributed by atoms with Crippen LogP contribution in [0.25, 0.3) is 0 Å². The Balaban J connectivity index is 1.70. The highest BCUT2D eigenvalue weighted by atomic mass is 16.5. The molecule has 2 heterocycles. The number of benzene rings is 1. The van der Waals surface area contributed by atoms with Gasteiger partial charge in [0.1, 0.15) is 6.04 Å². The van der Waals surface area contributed by atoms with Crippen molar-refractivity contribution < 1.29 is 14.3 Å². The summed E-state index contributed by atoms with van der Waals surface area (Å²) in [5.74, 6) is -0.275. The van der Waals surface area contributed by atoms with Gasteiger partial charge in [-0.05, 0) is 17.7 Å². The number of hydrogen-bond acceptors (Lipinski definition) is 4. The summed E-state index contributed by atoms with van der Waals surface area (Å²) >= 11 is 0. The predicted molar refractivity (Wildman–Crippen MR) is 97.7 cm³/mol. The third-order valence-electron chi connectivity index (χ3n) is 4.12. The first-order valence-electron chi connectivity index (χ1n) is 8.60. The van der Waals surface area contributed by atoms with E-state index in [-0.39, 0.29) is 11.9 Å². The molecular weight excluding hydrogens is 332 g/mol. The average Bonchev–Trinajstić information content (AvgIpc) is 2.69. The molecule has 1 aromatic carbocycles. The number of carbonyl (C=O) groups is 2. The maximum absolute atomic E-state index is 12.7. The molecule has 1 fully saturated rings. The van der Waals surface area contributed by atoms with Gasteiger partial charge >= 0.3 is 6.03 Å². The van der Waals surface area contributed by atoms with Gasteiger partial charge in [-0.1, -0.05) is 30.3 Å². The van der Waals surface area contributed by atoms with Crippen LogP contribution in [0.15, 0.2) is 54.9 Å². The molecule has 1 aromatic heterocycles. The number of rotatable bonds is 5. The molecule has 0 aliphatic carbocycles. The largest absolute Gasteiger partial charge is 0.378 e. The van der Waals surface area contributed by atoms with Crippen molar-refractivity contribution in [1.29, 1.82) is 0 Å².